The number of nitrogens with zero attached hydrogens (tertiary/aromatic N) is 5. The third-order valence-corrected chi connectivity index (χ3v) is 11.1. The lowest BCUT2D eigenvalue weighted by atomic mass is 10.2. The summed E-state index contributed by atoms with van der Waals surface area (Å²) in [5.41, 5.74) is 1.74. The summed E-state index contributed by atoms with van der Waals surface area (Å²) < 4.78 is 6.18. The first-order chi connectivity index (χ1) is 18.4. The molecule has 2 amide bonds. The Morgan fingerprint density at radius 3 is 1.82 bits per heavy atom. The van der Waals surface area contributed by atoms with Gasteiger partial charge in [0.05, 0.1) is 30.5 Å². The first-order valence-corrected chi connectivity index (χ1v) is 15.2. The maximum absolute atomic E-state index is 13.0. The highest BCUT2D eigenvalue weighted by molar-refractivity contribution is 6.74. The molecule has 3 aromatic rings. The molecule has 2 N–H and O–H groups in total. The number of hydrogen-bond acceptors (Lipinski definition) is 8. The Hall–Kier alpha value is -4.58. The fourth-order valence-electron chi connectivity index (χ4n) is 3.25. The normalized spacial score (nSPS) is 11.2. The Morgan fingerprint density at radius 2 is 1.38 bits per heavy atom. The van der Waals surface area contributed by atoms with Gasteiger partial charge < -0.3 is 15.1 Å². The van der Waals surface area contributed by atoms with Crippen molar-refractivity contribution in [2.24, 2.45) is 0 Å². The van der Waals surface area contributed by atoms with Crippen LogP contribution in [-0.2, 0) is 4.43 Å². The molecule has 0 aliphatic rings. The van der Waals surface area contributed by atoms with Crippen LogP contribution in [0.15, 0.2) is 60.9 Å². The third kappa shape index (κ3) is 7.48. The van der Waals surface area contributed by atoms with Gasteiger partial charge >= 0.3 is 0 Å². The second-order valence-corrected chi connectivity index (χ2v) is 15.1. The molecule has 0 atom stereocenters. The molecule has 1 aromatic heterocycles. The smallest absolute Gasteiger partial charge is 0.276 e. The van der Waals surface area contributed by atoms with E-state index in [1.54, 1.807) is 48.5 Å². The van der Waals surface area contributed by atoms with E-state index in [0.717, 1.165) is 0 Å². The molecule has 0 saturated heterocycles. The zero-order valence-electron chi connectivity index (χ0n) is 22.6. The van der Waals surface area contributed by atoms with E-state index in [4.69, 9.17) is 9.69 Å². The molecule has 200 valence electrons. The van der Waals surface area contributed by atoms with Crippen molar-refractivity contribution in [3.8, 4) is 12.3 Å². The van der Waals surface area contributed by atoms with Crippen molar-refractivity contribution in [3.05, 3.63) is 77.9 Å². The largest absolute Gasteiger partial charge is 0.415 e. The van der Waals surface area contributed by atoms with Crippen LogP contribution in [-0.4, -0.2) is 43.3 Å². The van der Waals surface area contributed by atoms with Crippen LogP contribution in [0.1, 0.15) is 47.3 Å². The van der Waals surface area contributed by atoms with Crippen molar-refractivity contribution in [3.63, 3.8) is 0 Å². The molecule has 0 bridgehead atoms. The Kier molecular flexibility index (Phi) is 9.15. The van der Waals surface area contributed by atoms with E-state index in [1.165, 1.54) is 17.3 Å². The van der Waals surface area contributed by atoms with Crippen LogP contribution < -0.4 is 15.5 Å². The number of nitriles is 2. The first-order valence-electron chi connectivity index (χ1n) is 12.3. The Labute approximate surface area is 229 Å². The lowest BCUT2D eigenvalue weighted by Gasteiger charge is -2.36. The lowest BCUT2D eigenvalue weighted by Crippen LogP contribution is -2.42. The number of nitrogens with one attached hydrogen (secondary N) is 2. The minimum absolute atomic E-state index is 0.0810. The Bertz CT molecular complexity index is 1400. The minimum Gasteiger partial charge on any atom is -0.415 e. The summed E-state index contributed by atoms with van der Waals surface area (Å²) in [7, 11) is -1.92. The zero-order chi connectivity index (χ0) is 28.6. The Morgan fingerprint density at radius 1 is 0.897 bits per heavy atom. The van der Waals surface area contributed by atoms with Gasteiger partial charge in [-0.1, -0.05) is 20.8 Å². The molecule has 0 aliphatic heterocycles. The number of benzene rings is 2. The number of rotatable bonds is 9. The number of amides is 2. The monoisotopic (exact) mass is 541 g/mol. The SMILES string of the molecule is CC(C)(C)[Si](C)(C)OCCN(C#N)c1ccc(NC(=O)c2nccnc2C(=O)Nc2ccc(C#N)cc2)cc1. The molecule has 39 heavy (non-hydrogen) atoms. The van der Waals surface area contributed by atoms with Crippen molar-refractivity contribution in [2.45, 2.75) is 38.9 Å². The van der Waals surface area contributed by atoms with Gasteiger partial charge in [0.1, 0.15) is 0 Å². The molecule has 0 unspecified atom stereocenters. The topological polar surface area (TPSA) is 144 Å². The van der Waals surface area contributed by atoms with Crippen LogP contribution >= 0.6 is 0 Å². The van der Waals surface area contributed by atoms with Gasteiger partial charge in [0.15, 0.2) is 25.9 Å². The maximum Gasteiger partial charge on any atom is 0.276 e. The fourth-order valence-corrected chi connectivity index (χ4v) is 4.28. The number of hydrogen-bond donors (Lipinski definition) is 2. The molecular formula is C28H31N7O3Si. The van der Waals surface area contributed by atoms with Crippen LogP contribution in [0.3, 0.4) is 0 Å². The summed E-state index contributed by atoms with van der Waals surface area (Å²) in [6, 6.07) is 15.1. The molecule has 0 radical (unpaired) electrons. The Balaban J connectivity index is 1.65. The standard InChI is InChI=1S/C28H31N7O3Si/c1-28(2,3)39(4,5)38-17-16-35(19-30)23-12-10-22(11-13-23)34-27(37)25-24(31-14-15-32-25)26(36)33-21-8-6-20(18-29)7-9-21/h6-15H,16-17H2,1-5H3,(H,33,36)(H,34,37). The predicted octanol–water partition coefficient (Wildman–Crippen LogP) is 5.16. The highest BCUT2D eigenvalue weighted by Gasteiger charge is 2.37. The first kappa shape index (κ1) is 29.0. The quantitative estimate of drug-likeness (QED) is 0.215. The molecule has 3 rings (SSSR count). The number of carbonyl (C=O) groups excluding carboxylic acids is 2. The van der Waals surface area contributed by atoms with Crippen LogP contribution in [0, 0.1) is 22.8 Å². The third-order valence-electron chi connectivity index (χ3n) is 6.54. The van der Waals surface area contributed by atoms with Gasteiger partial charge in [-0.15, -0.1) is 0 Å². The van der Waals surface area contributed by atoms with Crippen LogP contribution in [0.4, 0.5) is 17.1 Å². The molecule has 1 heterocycles. The summed E-state index contributed by atoms with van der Waals surface area (Å²) in [6.45, 7) is 11.7. The van der Waals surface area contributed by atoms with Crippen molar-refractivity contribution in [2.75, 3.05) is 28.7 Å². The number of aromatic nitrogens is 2. The summed E-state index contributed by atoms with van der Waals surface area (Å²) in [4.78, 5) is 35.4. The molecule has 0 fully saturated rings. The molecular weight excluding hydrogens is 510 g/mol. The van der Waals surface area contributed by atoms with E-state index in [-0.39, 0.29) is 16.4 Å². The van der Waals surface area contributed by atoms with Crippen LogP contribution in [0.25, 0.3) is 0 Å². The summed E-state index contributed by atoms with van der Waals surface area (Å²) in [6.07, 6.45) is 4.83. The summed E-state index contributed by atoms with van der Waals surface area (Å²) >= 11 is 0. The van der Waals surface area contributed by atoms with Crippen molar-refractivity contribution >= 4 is 37.2 Å². The van der Waals surface area contributed by atoms with E-state index < -0.39 is 20.1 Å². The van der Waals surface area contributed by atoms with E-state index in [2.05, 4.69) is 60.7 Å². The van der Waals surface area contributed by atoms with Crippen LogP contribution in [0.2, 0.25) is 18.1 Å². The van der Waals surface area contributed by atoms with Gasteiger partial charge in [0, 0.05) is 23.8 Å². The zero-order valence-corrected chi connectivity index (χ0v) is 23.6. The van der Waals surface area contributed by atoms with E-state index in [0.29, 0.717) is 35.8 Å². The van der Waals surface area contributed by atoms with Crippen LogP contribution in [0.5, 0.6) is 0 Å². The van der Waals surface area contributed by atoms with Gasteiger partial charge in [0.2, 0.25) is 0 Å². The highest BCUT2D eigenvalue weighted by atomic mass is 28.4. The van der Waals surface area contributed by atoms with E-state index in [9.17, 15) is 14.9 Å². The fraction of sp³-hybridized carbons (Fsp3) is 0.286. The summed E-state index contributed by atoms with van der Waals surface area (Å²) in [5, 5.41) is 24.0. The maximum atomic E-state index is 13.0. The minimum atomic E-state index is -1.92. The molecule has 0 spiro atoms. The van der Waals surface area contributed by atoms with E-state index in [1.807, 2.05) is 6.07 Å². The highest BCUT2D eigenvalue weighted by Crippen LogP contribution is 2.36. The number of carbonyl (C=O) groups is 2. The average molecular weight is 542 g/mol. The average Bonchev–Trinajstić information content (AvgIpc) is 2.91. The molecule has 11 heteroatoms. The molecule has 10 nitrogen and oxygen atoms in total. The second-order valence-electron chi connectivity index (χ2n) is 10.3. The van der Waals surface area contributed by atoms with Gasteiger partial charge in [0.25, 0.3) is 11.8 Å². The summed E-state index contributed by atoms with van der Waals surface area (Å²) in [5.74, 6) is -1.22. The van der Waals surface area contributed by atoms with Gasteiger partial charge in [-0.05, 0) is 66.7 Å². The van der Waals surface area contributed by atoms with Gasteiger partial charge in [-0.3, -0.25) is 14.5 Å². The van der Waals surface area contributed by atoms with Crippen molar-refractivity contribution < 1.29 is 14.0 Å². The van der Waals surface area contributed by atoms with Gasteiger partial charge in [-0.25, -0.2) is 9.97 Å². The van der Waals surface area contributed by atoms with Crippen molar-refractivity contribution in [1.29, 1.82) is 10.5 Å². The number of anilines is 3. The predicted molar refractivity (Wildman–Crippen MR) is 152 cm³/mol. The molecule has 2 aromatic carbocycles. The van der Waals surface area contributed by atoms with Gasteiger partial charge in [-0.2, -0.15) is 10.5 Å². The second kappa shape index (κ2) is 12.3. The lowest BCUT2D eigenvalue weighted by molar-refractivity contribution is 0.0983. The molecule has 0 aliphatic carbocycles. The van der Waals surface area contributed by atoms with E-state index >= 15 is 0 Å². The molecule has 0 saturated carbocycles. The van der Waals surface area contributed by atoms with Crippen molar-refractivity contribution in [1.82, 2.24) is 9.97 Å².